The quantitative estimate of drug-likeness (QED) is 0.107. The largest absolute Gasteiger partial charge is 0.527 e. The van der Waals surface area contributed by atoms with Gasteiger partial charge in [-0.2, -0.15) is 0 Å². The Hall–Kier alpha value is -1.27. The van der Waals surface area contributed by atoms with Crippen molar-refractivity contribution in [3.63, 3.8) is 0 Å². The van der Waals surface area contributed by atoms with Crippen LogP contribution in [-0.2, 0) is 13.9 Å². The Labute approximate surface area is 110 Å². The highest BCUT2D eigenvalue weighted by atomic mass is 31.2. The van der Waals surface area contributed by atoms with E-state index in [9.17, 15) is 24.7 Å². The number of aliphatic hydroxyl groups excluding tert-OH is 4. The second kappa shape index (κ2) is 6.95. The Balaban J connectivity index is 5.44. The molecule has 7 N–H and O–H groups in total. The summed E-state index contributed by atoms with van der Waals surface area (Å²) in [6.45, 7) is -1.10. The van der Waals surface area contributed by atoms with Crippen LogP contribution < -0.4 is 0 Å². The first-order valence-electron chi connectivity index (χ1n) is 4.73. The molecule has 0 aromatic carbocycles. The van der Waals surface area contributed by atoms with Gasteiger partial charge in [-0.15, -0.1) is 0 Å². The van der Waals surface area contributed by atoms with E-state index in [2.05, 4.69) is 9.64 Å². The molecule has 0 amide bonds. The molecule has 0 bridgehead atoms. The van der Waals surface area contributed by atoms with Crippen LogP contribution in [0.4, 0.5) is 0 Å². The summed E-state index contributed by atoms with van der Waals surface area (Å²) in [7, 11) is -5.44. The number of aliphatic hydroxyl groups is 5. The molecule has 20 heavy (non-hydrogen) atoms. The van der Waals surface area contributed by atoms with Crippen molar-refractivity contribution < 1.29 is 49.2 Å². The van der Waals surface area contributed by atoms with Gasteiger partial charge in [0.25, 0.3) is 5.72 Å². The van der Waals surface area contributed by atoms with Gasteiger partial charge in [0, 0.05) is 4.91 Å². The average Bonchev–Trinajstić information content (AvgIpc) is 2.33. The molecule has 0 aromatic heterocycles. The molecule has 13 nitrogen and oxygen atoms in total. The Morgan fingerprint density at radius 2 is 1.90 bits per heavy atom. The smallest absolute Gasteiger partial charge is 0.394 e. The van der Waals surface area contributed by atoms with Crippen LogP contribution in [0.3, 0.4) is 0 Å². The van der Waals surface area contributed by atoms with Gasteiger partial charge in [0.1, 0.15) is 18.3 Å². The van der Waals surface area contributed by atoms with Gasteiger partial charge in [0.2, 0.25) is 0 Å². The first kappa shape index (κ1) is 18.7. The van der Waals surface area contributed by atoms with E-state index < -0.39 is 44.4 Å². The zero-order chi connectivity index (χ0) is 16.1. The summed E-state index contributed by atoms with van der Waals surface area (Å²) in [5, 5.41) is 48.3. The number of carbonyl (C=O) groups excluding carboxylic acids is 1. The predicted molar refractivity (Wildman–Crippen MR) is 57.3 cm³/mol. The fourth-order valence-corrected chi connectivity index (χ4v) is 1.37. The lowest BCUT2D eigenvalue weighted by Crippen LogP contribution is -2.57. The summed E-state index contributed by atoms with van der Waals surface area (Å²) in [6.07, 6.45) is -7.17. The van der Waals surface area contributed by atoms with E-state index in [1.165, 1.54) is 0 Å². The molecule has 0 aliphatic carbocycles. The van der Waals surface area contributed by atoms with Crippen LogP contribution in [0.15, 0.2) is 5.11 Å². The van der Waals surface area contributed by atoms with Crippen LogP contribution in [0.5, 0.6) is 0 Å². The number of carbonyl (C=O) groups is 1. The number of hydrogen-bond acceptors (Lipinski definition) is 9. The van der Waals surface area contributed by atoms with Crippen molar-refractivity contribution in [2.45, 2.75) is 24.0 Å². The van der Waals surface area contributed by atoms with Crippen molar-refractivity contribution >= 4 is 13.8 Å². The molecule has 0 rings (SSSR count). The Bertz CT molecular complexity index is 446. The van der Waals surface area contributed by atoms with Crippen LogP contribution in [-0.4, -0.2) is 71.9 Å². The number of nitrogens with zero attached hydrogens (tertiary/aromatic N) is 3. The summed E-state index contributed by atoms with van der Waals surface area (Å²) in [5.74, 6) is -2.26. The third-order valence-corrected chi connectivity index (χ3v) is 2.42. The molecule has 0 saturated heterocycles. The molecule has 116 valence electrons. The molecule has 0 saturated carbocycles. The van der Waals surface area contributed by atoms with Crippen molar-refractivity contribution in [1.29, 1.82) is 0 Å². The normalized spacial score (nSPS) is 19.1. The highest BCUT2D eigenvalue weighted by Gasteiger charge is 2.51. The van der Waals surface area contributed by atoms with Crippen LogP contribution in [0, 0.1) is 0 Å². The van der Waals surface area contributed by atoms with Gasteiger partial charge in [-0.3, -0.25) is 9.79 Å². The molecular weight excluding hydrogens is 305 g/mol. The van der Waals surface area contributed by atoms with Gasteiger partial charge in [-0.25, -0.2) is 9.36 Å². The van der Waals surface area contributed by atoms with Gasteiger partial charge in [-0.1, -0.05) is 0 Å². The highest BCUT2D eigenvalue weighted by Crippen LogP contribution is 2.38. The van der Waals surface area contributed by atoms with Crippen molar-refractivity contribution in [2.75, 3.05) is 6.61 Å². The van der Waals surface area contributed by atoms with Gasteiger partial charge in [0.05, 0.1) is 6.61 Å². The third kappa shape index (κ3) is 4.68. The minimum Gasteiger partial charge on any atom is -0.394 e. The molecular formula is C6H12N3O10P. The van der Waals surface area contributed by atoms with Gasteiger partial charge in [-0.05, 0) is 10.6 Å². The summed E-state index contributed by atoms with van der Waals surface area (Å²) in [5.41, 5.74) is 4.53. The number of phosphoric ester groups is 1. The summed E-state index contributed by atoms with van der Waals surface area (Å²) < 4.78 is 13.9. The van der Waals surface area contributed by atoms with Crippen LogP contribution in [0.2, 0.25) is 0 Å². The molecule has 0 aliphatic heterocycles. The maximum absolute atomic E-state index is 11.3. The number of azide groups is 1. The molecule has 0 unspecified atom stereocenters. The monoisotopic (exact) mass is 317 g/mol. The van der Waals surface area contributed by atoms with E-state index in [4.69, 9.17) is 25.5 Å². The number of hydrogen-bond donors (Lipinski definition) is 7. The fraction of sp³-hybridized carbons (Fsp3) is 0.833. The van der Waals surface area contributed by atoms with E-state index in [0.29, 0.717) is 0 Å². The first-order chi connectivity index (χ1) is 8.99. The van der Waals surface area contributed by atoms with E-state index in [1.807, 2.05) is 4.91 Å². The minimum atomic E-state index is -5.44. The van der Waals surface area contributed by atoms with Gasteiger partial charge in [0.15, 0.2) is 0 Å². The van der Waals surface area contributed by atoms with E-state index in [-0.39, 0.29) is 0 Å². The molecule has 0 spiro atoms. The fourth-order valence-electron chi connectivity index (χ4n) is 1.02. The van der Waals surface area contributed by atoms with Gasteiger partial charge >= 0.3 is 13.8 Å². The minimum absolute atomic E-state index is 1.10. The Morgan fingerprint density at radius 3 is 2.25 bits per heavy atom. The molecule has 0 radical (unpaired) electrons. The van der Waals surface area contributed by atoms with Crippen LogP contribution in [0.25, 0.3) is 10.4 Å². The zero-order valence-electron chi connectivity index (χ0n) is 9.58. The standard InChI is InChI=1S/C6H12N3O10P/c7-9-8-6(15,5(14)19-20(16,17)18)4(13)3(12)2(11)1-10/h2-4,10-13,15H,1H2,(H2,16,17,18)/t2-,3+,4+,6-/m1/s1. The van der Waals surface area contributed by atoms with Crippen molar-refractivity contribution in [2.24, 2.45) is 5.11 Å². The average molecular weight is 317 g/mol. The van der Waals surface area contributed by atoms with E-state index in [0.717, 1.165) is 0 Å². The van der Waals surface area contributed by atoms with Crippen LogP contribution >= 0.6 is 7.82 Å². The van der Waals surface area contributed by atoms with E-state index in [1.54, 1.807) is 0 Å². The molecule has 14 heteroatoms. The SMILES string of the molecule is [N-]=[N+]=N[C@](O)(C(=O)OP(=O)(O)O)[C@@H](O)[C@@H](O)[C@H](O)CO. The topological polar surface area (TPSA) is 234 Å². The molecule has 4 atom stereocenters. The summed E-state index contributed by atoms with van der Waals surface area (Å²) in [6, 6.07) is 0. The molecule has 0 aromatic rings. The summed E-state index contributed by atoms with van der Waals surface area (Å²) in [4.78, 5) is 30.0. The van der Waals surface area contributed by atoms with Gasteiger partial charge < -0.3 is 30.1 Å². The highest BCUT2D eigenvalue weighted by molar-refractivity contribution is 7.46. The molecule has 0 aliphatic rings. The van der Waals surface area contributed by atoms with Crippen LogP contribution in [0.1, 0.15) is 0 Å². The Morgan fingerprint density at radius 1 is 1.40 bits per heavy atom. The van der Waals surface area contributed by atoms with Crippen molar-refractivity contribution in [3.8, 4) is 0 Å². The predicted octanol–water partition coefficient (Wildman–Crippen LogP) is -3.30. The van der Waals surface area contributed by atoms with Crippen molar-refractivity contribution in [3.05, 3.63) is 10.4 Å². The van der Waals surface area contributed by atoms with Crippen molar-refractivity contribution in [1.82, 2.24) is 0 Å². The second-order valence-corrected chi connectivity index (χ2v) is 4.63. The zero-order valence-corrected chi connectivity index (χ0v) is 10.5. The molecule has 0 heterocycles. The van der Waals surface area contributed by atoms with E-state index >= 15 is 0 Å². The number of rotatable bonds is 7. The lowest BCUT2D eigenvalue weighted by Gasteiger charge is -2.30. The first-order valence-corrected chi connectivity index (χ1v) is 6.26. The Kier molecular flexibility index (Phi) is 6.50. The maximum Gasteiger partial charge on any atom is 0.527 e. The third-order valence-electron chi connectivity index (χ3n) is 2.02. The lowest BCUT2D eigenvalue weighted by molar-refractivity contribution is -0.187. The maximum atomic E-state index is 11.3. The molecule has 0 fully saturated rings. The summed E-state index contributed by atoms with van der Waals surface area (Å²) >= 11 is 0. The number of phosphoric acid groups is 1. The second-order valence-electron chi connectivity index (χ2n) is 3.47. The lowest BCUT2D eigenvalue weighted by atomic mass is 9.98.